The van der Waals surface area contributed by atoms with Crippen molar-refractivity contribution in [1.82, 2.24) is 10.6 Å². The van der Waals surface area contributed by atoms with Crippen molar-refractivity contribution in [3.63, 3.8) is 0 Å². The number of Topliss-reactive ketones (excluding diaryl/α,β-unsaturated/α-hetero) is 1. The summed E-state index contributed by atoms with van der Waals surface area (Å²) in [6, 6.07) is 6.25. The number of ether oxygens (including phenoxy) is 1. The molecule has 0 aromatic heterocycles. The number of carbonyl (C=O) groups is 4. The molecule has 0 bridgehead atoms. The average molecular weight is 396 g/mol. The Bertz CT molecular complexity index is 702. The van der Waals surface area contributed by atoms with E-state index < -0.39 is 54.3 Å². The number of aliphatic carboxylic acids is 1. The van der Waals surface area contributed by atoms with E-state index in [1.54, 1.807) is 45.0 Å². The van der Waals surface area contributed by atoms with Crippen molar-refractivity contribution in [3.05, 3.63) is 35.9 Å². The van der Waals surface area contributed by atoms with Crippen molar-refractivity contribution in [2.75, 3.05) is 6.67 Å². The van der Waals surface area contributed by atoms with Crippen molar-refractivity contribution in [1.29, 1.82) is 0 Å². The second kappa shape index (κ2) is 10.4. The molecule has 1 aromatic rings. The van der Waals surface area contributed by atoms with E-state index in [-0.39, 0.29) is 6.61 Å². The van der Waals surface area contributed by atoms with Gasteiger partial charge in [-0.05, 0) is 11.0 Å². The van der Waals surface area contributed by atoms with E-state index in [1.165, 1.54) is 0 Å². The van der Waals surface area contributed by atoms with Gasteiger partial charge in [0, 0.05) is 0 Å². The average Bonchev–Trinajstić information content (AvgIpc) is 2.62. The standard InChI is InChI=1S/C19H25FN2O6/c1-19(2,3)16(17(26)21-13(9-15(24)25)14(23)10-20)22-18(27)28-11-12-7-5-4-6-8-12/h4-8,13,16H,9-11H2,1-3H3,(H,21,26)(H,22,27)(H,24,25). The van der Waals surface area contributed by atoms with Crippen LogP contribution < -0.4 is 10.6 Å². The lowest BCUT2D eigenvalue weighted by Crippen LogP contribution is -2.57. The minimum atomic E-state index is -1.53. The molecular weight excluding hydrogens is 371 g/mol. The molecule has 1 aromatic carbocycles. The molecule has 1 rings (SSSR count). The molecular formula is C19H25FN2O6. The van der Waals surface area contributed by atoms with Gasteiger partial charge in [0.05, 0.1) is 6.42 Å². The van der Waals surface area contributed by atoms with Crippen LogP contribution in [0.5, 0.6) is 0 Å². The Morgan fingerprint density at radius 2 is 1.71 bits per heavy atom. The highest BCUT2D eigenvalue weighted by Crippen LogP contribution is 2.20. The molecule has 0 aliphatic heterocycles. The third kappa shape index (κ3) is 7.73. The Balaban J connectivity index is 2.80. The number of rotatable bonds is 9. The molecule has 154 valence electrons. The lowest BCUT2D eigenvalue weighted by molar-refractivity contribution is -0.140. The first-order valence-electron chi connectivity index (χ1n) is 8.62. The van der Waals surface area contributed by atoms with Crippen LogP contribution in [0.1, 0.15) is 32.8 Å². The van der Waals surface area contributed by atoms with Gasteiger partial charge in [0.1, 0.15) is 25.4 Å². The maximum absolute atomic E-state index is 12.7. The van der Waals surface area contributed by atoms with Gasteiger partial charge in [-0.15, -0.1) is 0 Å². The number of benzene rings is 1. The number of carbonyl (C=O) groups excluding carboxylic acids is 3. The molecule has 2 atom stereocenters. The van der Waals surface area contributed by atoms with Crippen molar-refractivity contribution in [2.45, 2.75) is 45.9 Å². The number of halogens is 1. The summed E-state index contributed by atoms with van der Waals surface area (Å²) < 4.78 is 17.8. The monoisotopic (exact) mass is 396 g/mol. The van der Waals surface area contributed by atoms with Gasteiger partial charge >= 0.3 is 12.1 Å². The number of hydrogen-bond acceptors (Lipinski definition) is 5. The SMILES string of the molecule is CC(C)(C)C(NC(=O)OCc1ccccc1)C(=O)NC(CC(=O)O)C(=O)CF. The molecule has 9 heteroatoms. The van der Waals surface area contributed by atoms with Crippen LogP contribution in [-0.4, -0.2) is 47.6 Å². The summed E-state index contributed by atoms with van der Waals surface area (Å²) in [5.41, 5.74) is -0.0352. The second-order valence-corrected chi connectivity index (χ2v) is 7.26. The molecule has 0 fully saturated rings. The van der Waals surface area contributed by atoms with Gasteiger partial charge in [-0.2, -0.15) is 0 Å². The van der Waals surface area contributed by atoms with Crippen molar-refractivity contribution in [3.8, 4) is 0 Å². The highest BCUT2D eigenvalue weighted by molar-refractivity contribution is 5.94. The topological polar surface area (TPSA) is 122 Å². The van der Waals surface area contributed by atoms with Crippen LogP contribution >= 0.6 is 0 Å². The molecule has 2 unspecified atom stereocenters. The van der Waals surface area contributed by atoms with Crippen molar-refractivity contribution < 1.29 is 33.4 Å². The van der Waals surface area contributed by atoms with Crippen molar-refractivity contribution in [2.24, 2.45) is 5.41 Å². The minimum Gasteiger partial charge on any atom is -0.481 e. The fraction of sp³-hybridized carbons (Fsp3) is 0.474. The van der Waals surface area contributed by atoms with Gasteiger partial charge in [0.2, 0.25) is 5.91 Å². The van der Waals surface area contributed by atoms with Gasteiger partial charge in [-0.25, -0.2) is 9.18 Å². The smallest absolute Gasteiger partial charge is 0.408 e. The number of ketones is 1. The predicted octanol–water partition coefficient (Wildman–Crippen LogP) is 1.83. The van der Waals surface area contributed by atoms with E-state index in [9.17, 15) is 23.6 Å². The van der Waals surface area contributed by atoms with E-state index in [1.807, 2.05) is 6.07 Å². The Labute approximate surface area is 162 Å². The molecule has 0 spiro atoms. The van der Waals surface area contributed by atoms with Gasteiger partial charge in [0.25, 0.3) is 0 Å². The third-order valence-electron chi connectivity index (χ3n) is 3.82. The maximum Gasteiger partial charge on any atom is 0.408 e. The Hall–Kier alpha value is -2.97. The lowest BCUT2D eigenvalue weighted by atomic mass is 9.86. The predicted molar refractivity (Wildman–Crippen MR) is 98.2 cm³/mol. The summed E-state index contributed by atoms with van der Waals surface area (Å²) in [4.78, 5) is 47.1. The zero-order valence-electron chi connectivity index (χ0n) is 16.0. The van der Waals surface area contributed by atoms with E-state index in [2.05, 4.69) is 10.6 Å². The van der Waals surface area contributed by atoms with Crippen LogP contribution in [0.15, 0.2) is 30.3 Å². The minimum absolute atomic E-state index is 0.00681. The summed E-state index contributed by atoms with van der Waals surface area (Å²) >= 11 is 0. The van der Waals surface area contributed by atoms with Gasteiger partial charge < -0.3 is 20.5 Å². The molecule has 0 heterocycles. The first-order valence-corrected chi connectivity index (χ1v) is 8.62. The number of alkyl halides is 1. The summed E-state index contributed by atoms with van der Waals surface area (Å²) in [5, 5.41) is 13.5. The number of carboxylic acid groups (broad SMARTS) is 1. The fourth-order valence-corrected chi connectivity index (χ4v) is 2.33. The van der Waals surface area contributed by atoms with Gasteiger partial charge in [-0.1, -0.05) is 51.1 Å². The van der Waals surface area contributed by atoms with Gasteiger partial charge in [-0.3, -0.25) is 14.4 Å². The number of alkyl carbamates (subject to hydrolysis) is 1. The number of amides is 2. The van der Waals surface area contributed by atoms with E-state index >= 15 is 0 Å². The first-order chi connectivity index (χ1) is 13.0. The number of hydrogen-bond donors (Lipinski definition) is 3. The quantitative estimate of drug-likeness (QED) is 0.585. The van der Waals surface area contributed by atoms with Crippen molar-refractivity contribution >= 4 is 23.8 Å². The summed E-state index contributed by atoms with van der Waals surface area (Å²) in [6.45, 7) is 3.58. The van der Waals surface area contributed by atoms with E-state index in [0.717, 1.165) is 5.56 Å². The van der Waals surface area contributed by atoms with Gasteiger partial charge in [0.15, 0.2) is 5.78 Å². The normalized spacial score (nSPS) is 13.1. The van der Waals surface area contributed by atoms with E-state index in [0.29, 0.717) is 0 Å². The van der Waals surface area contributed by atoms with E-state index in [4.69, 9.17) is 9.84 Å². The van der Waals surface area contributed by atoms with Crippen LogP contribution in [0.2, 0.25) is 0 Å². The molecule has 2 amide bonds. The van der Waals surface area contributed by atoms with Crippen LogP contribution in [0.3, 0.4) is 0 Å². The Morgan fingerprint density at radius 1 is 1.11 bits per heavy atom. The molecule has 0 saturated heterocycles. The molecule has 8 nitrogen and oxygen atoms in total. The highest BCUT2D eigenvalue weighted by Gasteiger charge is 2.35. The molecule has 3 N–H and O–H groups in total. The largest absolute Gasteiger partial charge is 0.481 e. The van der Waals surface area contributed by atoms with Crippen LogP contribution in [0, 0.1) is 5.41 Å². The Morgan fingerprint density at radius 3 is 2.21 bits per heavy atom. The lowest BCUT2D eigenvalue weighted by Gasteiger charge is -2.31. The summed E-state index contributed by atoms with van der Waals surface area (Å²) in [5.74, 6) is -3.23. The fourth-order valence-electron chi connectivity index (χ4n) is 2.33. The maximum atomic E-state index is 12.7. The second-order valence-electron chi connectivity index (χ2n) is 7.26. The number of nitrogens with one attached hydrogen (secondary N) is 2. The highest BCUT2D eigenvalue weighted by atomic mass is 19.1. The zero-order valence-corrected chi connectivity index (χ0v) is 16.0. The molecule has 0 saturated carbocycles. The van der Waals surface area contributed by atoms with Crippen LogP contribution in [0.4, 0.5) is 9.18 Å². The summed E-state index contributed by atoms with van der Waals surface area (Å²) in [6.07, 6.45) is -1.62. The van der Waals surface area contributed by atoms with Crippen LogP contribution in [0.25, 0.3) is 0 Å². The first kappa shape index (κ1) is 23.1. The third-order valence-corrected chi connectivity index (χ3v) is 3.82. The molecule has 0 aliphatic carbocycles. The molecule has 0 aliphatic rings. The number of carboxylic acids is 1. The summed E-state index contributed by atoms with van der Waals surface area (Å²) in [7, 11) is 0. The van der Waals surface area contributed by atoms with Crippen LogP contribution in [-0.2, 0) is 25.7 Å². The molecule has 28 heavy (non-hydrogen) atoms. The Kier molecular flexibility index (Phi) is 8.56. The molecule has 0 radical (unpaired) electrons. The zero-order chi connectivity index (χ0) is 21.3.